The zero-order valence-electron chi connectivity index (χ0n) is 8.80. The molecule has 2 aliphatic rings. The van der Waals surface area contributed by atoms with E-state index < -0.39 is 0 Å². The van der Waals surface area contributed by atoms with E-state index in [0.29, 0.717) is 11.3 Å². The molecule has 1 spiro atoms. The van der Waals surface area contributed by atoms with Crippen LogP contribution in [0.15, 0.2) is 24.3 Å². The molecule has 0 radical (unpaired) electrons. The molecule has 1 aliphatic heterocycles. The number of halogens is 1. The summed E-state index contributed by atoms with van der Waals surface area (Å²) in [5.41, 5.74) is 1.98. The van der Waals surface area contributed by atoms with Gasteiger partial charge in [0.1, 0.15) is 0 Å². The highest BCUT2D eigenvalue weighted by molar-refractivity contribution is 6.30. The van der Waals surface area contributed by atoms with Gasteiger partial charge in [0, 0.05) is 24.0 Å². The maximum atomic E-state index is 6.06. The van der Waals surface area contributed by atoms with Gasteiger partial charge in [-0.15, -0.1) is 0 Å². The number of nitrogens with one attached hydrogen (secondary N) is 1. The van der Waals surface area contributed by atoms with Crippen molar-refractivity contribution in [1.29, 1.82) is 0 Å². The largest absolute Gasteiger partial charge is 0.316 e. The van der Waals surface area contributed by atoms with E-state index in [9.17, 15) is 0 Å². The third-order valence-corrected chi connectivity index (χ3v) is 4.40. The molecule has 1 aliphatic carbocycles. The van der Waals surface area contributed by atoms with Crippen LogP contribution in [0, 0.1) is 5.41 Å². The minimum atomic E-state index is 0.560. The summed E-state index contributed by atoms with van der Waals surface area (Å²) in [5.74, 6) is 0.685. The summed E-state index contributed by atoms with van der Waals surface area (Å²) in [7, 11) is 0. The molecule has 1 atom stereocenters. The van der Waals surface area contributed by atoms with Crippen LogP contribution >= 0.6 is 11.6 Å². The normalized spacial score (nSPS) is 27.9. The predicted molar refractivity (Wildman–Crippen MR) is 63.3 cm³/mol. The Morgan fingerprint density at radius 3 is 2.87 bits per heavy atom. The van der Waals surface area contributed by atoms with Crippen LogP contribution in [0.1, 0.15) is 30.7 Å². The third-order valence-electron chi connectivity index (χ3n) is 4.17. The molecule has 1 aromatic carbocycles. The summed E-state index contributed by atoms with van der Waals surface area (Å²) in [4.78, 5) is 0. The van der Waals surface area contributed by atoms with Gasteiger partial charge in [0.15, 0.2) is 0 Å². The Morgan fingerprint density at radius 2 is 2.20 bits per heavy atom. The van der Waals surface area contributed by atoms with E-state index in [1.807, 2.05) is 6.07 Å². The first-order chi connectivity index (χ1) is 7.30. The minimum absolute atomic E-state index is 0.560. The molecule has 0 amide bonds. The number of rotatable bonds is 1. The Kier molecular flexibility index (Phi) is 2.26. The van der Waals surface area contributed by atoms with E-state index in [-0.39, 0.29) is 0 Å². The lowest BCUT2D eigenvalue weighted by molar-refractivity contribution is 0.137. The van der Waals surface area contributed by atoms with Crippen LogP contribution in [0.5, 0.6) is 0 Å². The van der Waals surface area contributed by atoms with Crippen LogP contribution in [0.25, 0.3) is 0 Å². The average Bonchev–Trinajstić information content (AvgIpc) is 2.61. The summed E-state index contributed by atoms with van der Waals surface area (Å²) >= 11 is 6.06. The van der Waals surface area contributed by atoms with Gasteiger partial charge in [-0.1, -0.05) is 30.2 Å². The topological polar surface area (TPSA) is 12.0 Å². The molecule has 0 aromatic heterocycles. The van der Waals surface area contributed by atoms with Crippen LogP contribution in [0.3, 0.4) is 0 Å². The fraction of sp³-hybridized carbons (Fsp3) is 0.538. The van der Waals surface area contributed by atoms with Crippen LogP contribution in [0.2, 0.25) is 5.02 Å². The van der Waals surface area contributed by atoms with Crippen molar-refractivity contribution in [2.24, 2.45) is 5.41 Å². The lowest BCUT2D eigenvalue weighted by Crippen LogP contribution is -2.36. The van der Waals surface area contributed by atoms with Crippen molar-refractivity contribution in [1.82, 2.24) is 5.32 Å². The quantitative estimate of drug-likeness (QED) is 0.768. The SMILES string of the molecule is Clc1cccc([C@@H]2CNCC23CCC3)c1. The van der Waals surface area contributed by atoms with Gasteiger partial charge in [-0.05, 0) is 36.0 Å². The molecule has 1 saturated carbocycles. The predicted octanol–water partition coefficient (Wildman–Crippen LogP) is 3.20. The van der Waals surface area contributed by atoms with Gasteiger partial charge in [-0.2, -0.15) is 0 Å². The summed E-state index contributed by atoms with van der Waals surface area (Å²) in [6, 6.07) is 8.39. The van der Waals surface area contributed by atoms with Gasteiger partial charge in [0.05, 0.1) is 0 Å². The number of hydrogen-bond acceptors (Lipinski definition) is 1. The Morgan fingerprint density at radius 1 is 1.33 bits per heavy atom. The van der Waals surface area contributed by atoms with E-state index in [2.05, 4.69) is 23.5 Å². The second kappa shape index (κ2) is 3.50. The zero-order chi connectivity index (χ0) is 10.3. The van der Waals surface area contributed by atoms with E-state index in [1.54, 1.807) is 0 Å². The molecule has 80 valence electrons. The number of hydrogen-bond donors (Lipinski definition) is 1. The van der Waals surface area contributed by atoms with Crippen molar-refractivity contribution in [3.05, 3.63) is 34.9 Å². The molecule has 2 fully saturated rings. The molecule has 15 heavy (non-hydrogen) atoms. The van der Waals surface area contributed by atoms with Crippen LogP contribution in [-0.4, -0.2) is 13.1 Å². The molecule has 1 heterocycles. The first kappa shape index (κ1) is 9.68. The summed E-state index contributed by atoms with van der Waals surface area (Å²) in [5, 5.41) is 4.41. The van der Waals surface area contributed by atoms with Gasteiger partial charge in [-0.25, -0.2) is 0 Å². The average molecular weight is 222 g/mol. The Bertz CT molecular complexity index is 371. The van der Waals surface area contributed by atoms with Crippen LogP contribution < -0.4 is 5.32 Å². The molecule has 0 bridgehead atoms. The van der Waals surface area contributed by atoms with Gasteiger partial charge < -0.3 is 5.32 Å². The van der Waals surface area contributed by atoms with Gasteiger partial charge in [0.25, 0.3) is 0 Å². The highest BCUT2D eigenvalue weighted by atomic mass is 35.5. The molecule has 3 rings (SSSR count). The second-order valence-electron chi connectivity index (χ2n) is 4.95. The zero-order valence-corrected chi connectivity index (χ0v) is 9.56. The van der Waals surface area contributed by atoms with Crippen molar-refractivity contribution in [2.75, 3.05) is 13.1 Å². The first-order valence-corrected chi connectivity index (χ1v) is 6.14. The standard InChI is InChI=1S/C13H16ClN/c14-11-4-1-3-10(7-11)12-8-15-9-13(12)5-2-6-13/h1,3-4,7,12,15H,2,5-6,8-9H2/t12-/m0/s1. The lowest BCUT2D eigenvalue weighted by atomic mass is 9.61. The van der Waals surface area contributed by atoms with Crippen LogP contribution in [0.4, 0.5) is 0 Å². The van der Waals surface area contributed by atoms with Crippen molar-refractivity contribution in [3.8, 4) is 0 Å². The molecule has 1 saturated heterocycles. The van der Waals surface area contributed by atoms with Crippen molar-refractivity contribution < 1.29 is 0 Å². The second-order valence-corrected chi connectivity index (χ2v) is 5.39. The Labute approximate surface area is 95.8 Å². The van der Waals surface area contributed by atoms with E-state index in [0.717, 1.165) is 11.6 Å². The smallest absolute Gasteiger partial charge is 0.0408 e. The molecule has 1 N–H and O–H groups in total. The van der Waals surface area contributed by atoms with Gasteiger partial charge >= 0.3 is 0 Å². The molecule has 1 nitrogen and oxygen atoms in total. The Hall–Kier alpha value is -0.530. The number of benzene rings is 1. The van der Waals surface area contributed by atoms with Crippen molar-refractivity contribution >= 4 is 11.6 Å². The first-order valence-electron chi connectivity index (χ1n) is 5.76. The maximum Gasteiger partial charge on any atom is 0.0408 e. The Balaban J connectivity index is 1.93. The molecular weight excluding hydrogens is 206 g/mol. The van der Waals surface area contributed by atoms with E-state index >= 15 is 0 Å². The van der Waals surface area contributed by atoms with E-state index in [4.69, 9.17) is 11.6 Å². The van der Waals surface area contributed by atoms with Gasteiger partial charge in [-0.3, -0.25) is 0 Å². The summed E-state index contributed by atoms with van der Waals surface area (Å²) in [6.45, 7) is 2.32. The van der Waals surface area contributed by atoms with Crippen LogP contribution in [-0.2, 0) is 0 Å². The summed E-state index contributed by atoms with van der Waals surface area (Å²) in [6.07, 6.45) is 4.17. The third kappa shape index (κ3) is 1.49. The van der Waals surface area contributed by atoms with E-state index in [1.165, 1.54) is 31.4 Å². The highest BCUT2D eigenvalue weighted by Gasteiger charge is 2.47. The molecule has 2 heteroatoms. The molecule has 1 aromatic rings. The maximum absolute atomic E-state index is 6.06. The minimum Gasteiger partial charge on any atom is -0.316 e. The van der Waals surface area contributed by atoms with Crippen molar-refractivity contribution in [2.45, 2.75) is 25.2 Å². The fourth-order valence-corrected chi connectivity index (χ4v) is 3.35. The summed E-state index contributed by atoms with van der Waals surface area (Å²) < 4.78 is 0. The van der Waals surface area contributed by atoms with Crippen molar-refractivity contribution in [3.63, 3.8) is 0 Å². The molecular formula is C13H16ClN. The fourth-order valence-electron chi connectivity index (χ4n) is 3.16. The lowest BCUT2D eigenvalue weighted by Gasteiger charge is -2.43. The molecule has 0 unspecified atom stereocenters. The highest BCUT2D eigenvalue weighted by Crippen LogP contribution is 2.53. The monoisotopic (exact) mass is 221 g/mol. The van der Waals surface area contributed by atoms with Gasteiger partial charge in [0.2, 0.25) is 0 Å².